The molecule has 1 N–H and O–H groups in total. The summed E-state index contributed by atoms with van der Waals surface area (Å²) in [6.45, 7) is 2.83. The molecule has 2 saturated heterocycles. The molecule has 0 aliphatic carbocycles. The standard InChI is InChI=1S/C23H20F3NO.C16H17NO.ClH/c24-23(25,26)19-12-7-13-20(14-19)28-21-15-27(16-21)22(17-8-3-1-4-9-17)18-10-5-2-6-11-18;18-15-11-17(12-15)16(13-7-3-1-4-8-13)14-9-5-2-6-10-14;/h1-14,21-22H,15-16H2;1-10,15-16,18H,11-12H2;1H. The average Bonchev–Trinajstić information content (AvgIpc) is 3.05. The van der Waals surface area contributed by atoms with E-state index in [9.17, 15) is 18.3 Å². The van der Waals surface area contributed by atoms with Gasteiger partial charge in [0.05, 0.1) is 23.8 Å². The molecule has 0 bridgehead atoms. The number of hydrogen-bond acceptors (Lipinski definition) is 4. The fourth-order valence-corrected chi connectivity index (χ4v) is 6.16. The van der Waals surface area contributed by atoms with Crippen LogP contribution in [-0.2, 0) is 6.18 Å². The van der Waals surface area contributed by atoms with Gasteiger partial charge in [-0.3, -0.25) is 9.80 Å². The Morgan fingerprint density at radius 1 is 0.553 bits per heavy atom. The summed E-state index contributed by atoms with van der Waals surface area (Å²) in [7, 11) is 0. The Bertz CT molecular complexity index is 1570. The van der Waals surface area contributed by atoms with Crippen molar-refractivity contribution in [1.29, 1.82) is 0 Å². The van der Waals surface area contributed by atoms with Crippen LogP contribution in [0.5, 0.6) is 5.75 Å². The minimum absolute atomic E-state index is 0. The second kappa shape index (κ2) is 15.6. The van der Waals surface area contributed by atoms with Crippen LogP contribution in [-0.4, -0.2) is 53.3 Å². The molecule has 47 heavy (non-hydrogen) atoms. The van der Waals surface area contributed by atoms with E-state index in [1.54, 1.807) is 6.07 Å². The van der Waals surface area contributed by atoms with E-state index >= 15 is 0 Å². The SMILES string of the molecule is Cl.FC(F)(F)c1cccc(OC2CN(C(c3ccccc3)c3ccccc3)C2)c1.OC1CN(C(c2ccccc2)c2ccccc2)C1. The largest absolute Gasteiger partial charge is 0.488 e. The lowest BCUT2D eigenvalue weighted by Crippen LogP contribution is -2.55. The number of rotatable bonds is 8. The van der Waals surface area contributed by atoms with Gasteiger partial charge < -0.3 is 9.84 Å². The summed E-state index contributed by atoms with van der Waals surface area (Å²) < 4.78 is 44.4. The lowest BCUT2D eigenvalue weighted by Gasteiger charge is -2.44. The van der Waals surface area contributed by atoms with Gasteiger partial charge in [0.25, 0.3) is 0 Å². The number of aliphatic hydroxyl groups is 1. The third kappa shape index (κ3) is 8.62. The molecule has 0 unspecified atom stereocenters. The van der Waals surface area contributed by atoms with Crippen LogP contribution >= 0.6 is 12.4 Å². The highest BCUT2D eigenvalue weighted by Gasteiger charge is 2.36. The first-order valence-corrected chi connectivity index (χ1v) is 15.5. The summed E-state index contributed by atoms with van der Waals surface area (Å²) in [5.74, 6) is 0.260. The highest BCUT2D eigenvalue weighted by Crippen LogP contribution is 2.35. The van der Waals surface area contributed by atoms with E-state index in [0.717, 1.165) is 25.2 Å². The van der Waals surface area contributed by atoms with Crippen molar-refractivity contribution in [3.8, 4) is 5.75 Å². The van der Waals surface area contributed by atoms with Crippen LogP contribution in [0.2, 0.25) is 0 Å². The summed E-state index contributed by atoms with van der Waals surface area (Å²) in [6, 6.07) is 46.8. The first-order valence-electron chi connectivity index (χ1n) is 15.5. The normalized spacial score (nSPS) is 15.6. The summed E-state index contributed by atoms with van der Waals surface area (Å²) in [5, 5.41) is 9.52. The van der Waals surface area contributed by atoms with Crippen molar-refractivity contribution in [1.82, 2.24) is 9.80 Å². The summed E-state index contributed by atoms with van der Waals surface area (Å²) in [4.78, 5) is 4.60. The molecular formula is C39H38ClF3N2O2. The minimum atomic E-state index is -4.36. The van der Waals surface area contributed by atoms with Crippen LogP contribution in [0.3, 0.4) is 0 Å². The molecule has 2 heterocycles. The monoisotopic (exact) mass is 658 g/mol. The molecule has 0 aromatic heterocycles. The number of likely N-dealkylation sites (tertiary alicyclic amines) is 2. The summed E-state index contributed by atoms with van der Waals surface area (Å²) in [6.07, 6.45) is -4.66. The van der Waals surface area contributed by atoms with Crippen LogP contribution < -0.4 is 4.74 Å². The molecule has 2 aliphatic heterocycles. The number of benzene rings is 5. The van der Waals surface area contributed by atoms with Gasteiger partial charge >= 0.3 is 6.18 Å². The van der Waals surface area contributed by atoms with Crippen molar-refractivity contribution in [2.75, 3.05) is 26.2 Å². The van der Waals surface area contributed by atoms with Crippen LogP contribution in [0.1, 0.15) is 39.9 Å². The number of β-amino-alcohol motifs (C(OH)–C–C–N with tert-alkyl or cyclic N) is 1. The number of hydrogen-bond donors (Lipinski definition) is 1. The molecule has 0 spiro atoms. The van der Waals surface area contributed by atoms with Crippen LogP contribution in [0.25, 0.3) is 0 Å². The van der Waals surface area contributed by atoms with Gasteiger partial charge in [-0.1, -0.05) is 127 Å². The van der Waals surface area contributed by atoms with Gasteiger partial charge in [-0.25, -0.2) is 0 Å². The first kappa shape index (κ1) is 34.2. The topological polar surface area (TPSA) is 35.9 Å². The lowest BCUT2D eigenvalue weighted by molar-refractivity contribution is -0.137. The molecule has 4 nitrogen and oxygen atoms in total. The molecule has 5 aromatic carbocycles. The van der Waals surface area contributed by atoms with E-state index in [1.807, 2.05) is 48.5 Å². The Kier molecular flexibility index (Phi) is 11.4. The van der Waals surface area contributed by atoms with Gasteiger partial charge in [0.1, 0.15) is 11.9 Å². The molecule has 8 heteroatoms. The van der Waals surface area contributed by atoms with Gasteiger partial charge in [-0.05, 0) is 40.5 Å². The molecule has 2 aliphatic rings. The zero-order valence-electron chi connectivity index (χ0n) is 25.8. The van der Waals surface area contributed by atoms with Crippen molar-refractivity contribution in [3.63, 3.8) is 0 Å². The summed E-state index contributed by atoms with van der Waals surface area (Å²) in [5.41, 5.74) is 4.26. The third-order valence-electron chi connectivity index (χ3n) is 8.42. The van der Waals surface area contributed by atoms with Crippen LogP contribution in [0.15, 0.2) is 146 Å². The van der Waals surface area contributed by atoms with E-state index in [4.69, 9.17) is 4.74 Å². The predicted molar refractivity (Wildman–Crippen MR) is 182 cm³/mol. The lowest BCUT2D eigenvalue weighted by atomic mass is 9.94. The Balaban J connectivity index is 0.000000197. The van der Waals surface area contributed by atoms with E-state index in [2.05, 4.69) is 82.6 Å². The van der Waals surface area contributed by atoms with E-state index in [-0.39, 0.29) is 42.4 Å². The molecule has 0 atom stereocenters. The second-order valence-electron chi connectivity index (χ2n) is 11.8. The maximum atomic E-state index is 12.9. The molecule has 244 valence electrons. The number of ether oxygens (including phenoxy) is 1. The van der Waals surface area contributed by atoms with Crippen molar-refractivity contribution < 1.29 is 23.0 Å². The Hall–Kier alpha value is -4.14. The fraction of sp³-hybridized carbons (Fsp3) is 0.231. The van der Waals surface area contributed by atoms with Gasteiger partial charge in [0, 0.05) is 26.2 Å². The average molecular weight is 659 g/mol. The number of nitrogens with zero attached hydrogens (tertiary/aromatic N) is 2. The van der Waals surface area contributed by atoms with Crippen LogP contribution in [0.4, 0.5) is 13.2 Å². The number of aliphatic hydroxyl groups excluding tert-OH is 1. The van der Waals surface area contributed by atoms with Crippen molar-refractivity contribution in [2.24, 2.45) is 0 Å². The van der Waals surface area contributed by atoms with Gasteiger partial charge in [0.2, 0.25) is 0 Å². The smallest absolute Gasteiger partial charge is 0.416 e. The van der Waals surface area contributed by atoms with Gasteiger partial charge in [0.15, 0.2) is 0 Å². The minimum Gasteiger partial charge on any atom is -0.488 e. The third-order valence-corrected chi connectivity index (χ3v) is 8.42. The molecule has 7 rings (SSSR count). The first-order chi connectivity index (χ1) is 22.3. The number of alkyl halides is 3. The fourth-order valence-electron chi connectivity index (χ4n) is 6.16. The molecular weight excluding hydrogens is 621 g/mol. The zero-order chi connectivity index (χ0) is 31.9. The molecule has 2 fully saturated rings. The van der Waals surface area contributed by atoms with Gasteiger partial charge in [-0.2, -0.15) is 13.2 Å². The Morgan fingerprint density at radius 3 is 1.30 bits per heavy atom. The van der Waals surface area contributed by atoms with Crippen molar-refractivity contribution in [2.45, 2.75) is 30.5 Å². The molecule has 0 radical (unpaired) electrons. The Labute approximate surface area is 280 Å². The zero-order valence-corrected chi connectivity index (χ0v) is 26.6. The number of halogens is 4. The maximum absolute atomic E-state index is 12.9. The maximum Gasteiger partial charge on any atom is 0.416 e. The predicted octanol–water partition coefficient (Wildman–Crippen LogP) is 8.43. The molecule has 5 aromatic rings. The highest BCUT2D eigenvalue weighted by molar-refractivity contribution is 5.85. The summed E-state index contributed by atoms with van der Waals surface area (Å²) >= 11 is 0. The molecule has 0 amide bonds. The van der Waals surface area contributed by atoms with Crippen molar-refractivity contribution >= 4 is 12.4 Å². The Morgan fingerprint density at radius 2 is 0.936 bits per heavy atom. The van der Waals surface area contributed by atoms with Gasteiger partial charge in [-0.15, -0.1) is 12.4 Å². The second-order valence-corrected chi connectivity index (χ2v) is 11.8. The van der Waals surface area contributed by atoms with E-state index < -0.39 is 11.7 Å². The quantitative estimate of drug-likeness (QED) is 0.182. The highest BCUT2D eigenvalue weighted by atomic mass is 35.5. The van der Waals surface area contributed by atoms with E-state index in [0.29, 0.717) is 13.1 Å². The van der Waals surface area contributed by atoms with E-state index in [1.165, 1.54) is 28.3 Å². The van der Waals surface area contributed by atoms with Crippen LogP contribution in [0, 0.1) is 0 Å². The molecule has 0 saturated carbocycles. The van der Waals surface area contributed by atoms with Crippen molar-refractivity contribution in [3.05, 3.63) is 173 Å².